The summed E-state index contributed by atoms with van der Waals surface area (Å²) < 4.78 is 5.51. The van der Waals surface area contributed by atoms with Crippen molar-refractivity contribution in [1.82, 2.24) is 5.32 Å². The fourth-order valence-corrected chi connectivity index (χ4v) is 1.92. The van der Waals surface area contributed by atoms with E-state index in [0.717, 1.165) is 36.4 Å². The van der Waals surface area contributed by atoms with Gasteiger partial charge >= 0.3 is 0 Å². The second-order valence-corrected chi connectivity index (χ2v) is 4.66. The Hall–Kier alpha value is -2.21. The number of benzene rings is 1. The zero-order chi connectivity index (χ0) is 15.5. The van der Waals surface area contributed by atoms with Crippen molar-refractivity contribution in [2.24, 2.45) is 0 Å². The summed E-state index contributed by atoms with van der Waals surface area (Å²) in [6.07, 6.45) is 8.43. The highest BCUT2D eigenvalue weighted by Crippen LogP contribution is 2.28. The summed E-state index contributed by atoms with van der Waals surface area (Å²) in [6, 6.07) is 7.64. The first-order valence-electron chi connectivity index (χ1n) is 7.49. The molecule has 0 bridgehead atoms. The maximum atomic E-state index is 8.87. The lowest BCUT2D eigenvalue weighted by atomic mass is 10.1. The standard InChI is InChI=1S/C13H14N2O.C5H10/c1-2-6-15-12-5-7-16-13-4-3-10(9-14)8-11(12)13;1-3-5-4-2/h3-5,8,15H,2,6-7H2,1H3;3,5H,4H2,1-2H3/b;5-3-. The van der Waals surface area contributed by atoms with Crippen LogP contribution in [0.15, 0.2) is 36.4 Å². The van der Waals surface area contributed by atoms with Crippen LogP contribution in [0.25, 0.3) is 5.70 Å². The third kappa shape index (κ3) is 5.35. The van der Waals surface area contributed by atoms with Gasteiger partial charge in [0.2, 0.25) is 0 Å². The second kappa shape index (κ2) is 9.66. The molecular weight excluding hydrogens is 260 g/mol. The van der Waals surface area contributed by atoms with Crippen molar-refractivity contribution in [3.63, 3.8) is 0 Å². The van der Waals surface area contributed by atoms with Crippen molar-refractivity contribution < 1.29 is 4.74 Å². The lowest BCUT2D eigenvalue weighted by molar-refractivity contribution is 0.356. The van der Waals surface area contributed by atoms with Gasteiger partial charge in [-0.05, 0) is 44.0 Å². The Balaban J connectivity index is 0.000000383. The molecule has 2 rings (SSSR count). The SMILES string of the molecule is C/C=C\CC.CCCNC1=CCOc2ccc(C#N)cc21. The maximum Gasteiger partial charge on any atom is 0.129 e. The summed E-state index contributed by atoms with van der Waals surface area (Å²) in [4.78, 5) is 0. The third-order valence-corrected chi connectivity index (χ3v) is 2.96. The Labute approximate surface area is 127 Å². The van der Waals surface area contributed by atoms with Gasteiger partial charge in [0.1, 0.15) is 12.4 Å². The number of hydrogen-bond donors (Lipinski definition) is 1. The largest absolute Gasteiger partial charge is 0.489 e. The van der Waals surface area contributed by atoms with Crippen LogP contribution in [0.2, 0.25) is 0 Å². The predicted octanol–water partition coefficient (Wildman–Crippen LogP) is 4.26. The summed E-state index contributed by atoms with van der Waals surface area (Å²) in [5.41, 5.74) is 2.72. The minimum absolute atomic E-state index is 0.588. The van der Waals surface area contributed by atoms with Gasteiger partial charge in [0.05, 0.1) is 11.6 Å². The van der Waals surface area contributed by atoms with E-state index >= 15 is 0 Å². The summed E-state index contributed by atoms with van der Waals surface area (Å²) in [5.74, 6) is 0.847. The number of allylic oxidation sites excluding steroid dienone is 2. The Bertz CT molecular complexity index is 539. The molecule has 1 heterocycles. The highest BCUT2D eigenvalue weighted by molar-refractivity contribution is 5.72. The van der Waals surface area contributed by atoms with Crippen molar-refractivity contribution in [3.8, 4) is 11.8 Å². The van der Waals surface area contributed by atoms with Gasteiger partial charge in [-0.15, -0.1) is 0 Å². The Morgan fingerprint density at radius 3 is 2.76 bits per heavy atom. The molecule has 0 aromatic heterocycles. The van der Waals surface area contributed by atoms with E-state index in [9.17, 15) is 0 Å². The summed E-state index contributed by atoms with van der Waals surface area (Å²) in [7, 11) is 0. The van der Waals surface area contributed by atoms with E-state index in [2.05, 4.69) is 37.4 Å². The Morgan fingerprint density at radius 1 is 1.38 bits per heavy atom. The molecule has 0 fully saturated rings. The molecule has 0 radical (unpaired) electrons. The van der Waals surface area contributed by atoms with E-state index in [1.807, 2.05) is 25.1 Å². The monoisotopic (exact) mass is 284 g/mol. The maximum absolute atomic E-state index is 8.87. The summed E-state index contributed by atoms with van der Waals surface area (Å²) in [6.45, 7) is 7.80. The predicted molar refractivity (Wildman–Crippen MR) is 88.0 cm³/mol. The number of rotatable bonds is 4. The topological polar surface area (TPSA) is 45.0 Å². The molecule has 0 unspecified atom stereocenters. The first-order valence-corrected chi connectivity index (χ1v) is 7.49. The number of ether oxygens (including phenoxy) is 1. The Kier molecular flexibility index (Phi) is 7.74. The van der Waals surface area contributed by atoms with Crippen LogP contribution in [-0.4, -0.2) is 13.2 Å². The van der Waals surface area contributed by atoms with Gasteiger partial charge in [-0.3, -0.25) is 0 Å². The van der Waals surface area contributed by atoms with Crippen LogP contribution >= 0.6 is 0 Å². The van der Waals surface area contributed by atoms with Crippen LogP contribution in [-0.2, 0) is 0 Å². The molecule has 1 aliphatic rings. The second-order valence-electron chi connectivity index (χ2n) is 4.66. The van der Waals surface area contributed by atoms with E-state index in [4.69, 9.17) is 10.00 Å². The molecule has 3 nitrogen and oxygen atoms in total. The number of fused-ring (bicyclic) bond motifs is 1. The molecule has 0 amide bonds. The molecule has 0 saturated carbocycles. The minimum Gasteiger partial charge on any atom is -0.489 e. The molecule has 1 N–H and O–H groups in total. The summed E-state index contributed by atoms with van der Waals surface area (Å²) >= 11 is 0. The molecule has 3 heteroatoms. The van der Waals surface area contributed by atoms with E-state index in [-0.39, 0.29) is 0 Å². The van der Waals surface area contributed by atoms with E-state index in [1.54, 1.807) is 6.07 Å². The molecule has 112 valence electrons. The normalized spacial score (nSPS) is 12.4. The van der Waals surface area contributed by atoms with Crippen molar-refractivity contribution in [1.29, 1.82) is 5.26 Å². The van der Waals surface area contributed by atoms with Crippen molar-refractivity contribution in [2.75, 3.05) is 13.2 Å². The number of nitriles is 1. The van der Waals surface area contributed by atoms with E-state index in [1.165, 1.54) is 0 Å². The first kappa shape index (κ1) is 16.8. The van der Waals surface area contributed by atoms with Crippen LogP contribution < -0.4 is 10.1 Å². The van der Waals surface area contributed by atoms with Gasteiger partial charge in [-0.25, -0.2) is 0 Å². The first-order chi connectivity index (χ1) is 10.3. The molecule has 21 heavy (non-hydrogen) atoms. The van der Waals surface area contributed by atoms with Gasteiger partial charge < -0.3 is 10.1 Å². The molecule has 1 aliphatic heterocycles. The molecule has 0 atom stereocenters. The lowest BCUT2D eigenvalue weighted by Gasteiger charge is -2.19. The Morgan fingerprint density at radius 2 is 2.19 bits per heavy atom. The molecule has 0 spiro atoms. The van der Waals surface area contributed by atoms with Crippen molar-refractivity contribution >= 4 is 5.70 Å². The smallest absolute Gasteiger partial charge is 0.129 e. The van der Waals surface area contributed by atoms with Gasteiger partial charge in [0, 0.05) is 17.8 Å². The van der Waals surface area contributed by atoms with Gasteiger partial charge in [0.25, 0.3) is 0 Å². The number of nitrogens with zero attached hydrogens (tertiary/aromatic N) is 1. The fraction of sp³-hybridized carbons (Fsp3) is 0.389. The third-order valence-electron chi connectivity index (χ3n) is 2.96. The molecule has 0 saturated heterocycles. The zero-order valence-corrected chi connectivity index (χ0v) is 13.1. The highest BCUT2D eigenvalue weighted by Gasteiger charge is 2.13. The number of hydrogen-bond acceptors (Lipinski definition) is 3. The van der Waals surface area contributed by atoms with Crippen LogP contribution in [0.1, 0.15) is 44.7 Å². The van der Waals surface area contributed by atoms with E-state index < -0.39 is 0 Å². The van der Waals surface area contributed by atoms with E-state index in [0.29, 0.717) is 12.2 Å². The van der Waals surface area contributed by atoms with Crippen LogP contribution in [0.3, 0.4) is 0 Å². The minimum atomic E-state index is 0.588. The molecular formula is C18H24N2O. The molecule has 1 aromatic rings. The van der Waals surface area contributed by atoms with Crippen LogP contribution in [0, 0.1) is 11.3 Å². The quantitative estimate of drug-likeness (QED) is 0.840. The highest BCUT2D eigenvalue weighted by atomic mass is 16.5. The van der Waals surface area contributed by atoms with Gasteiger partial charge in [-0.1, -0.05) is 26.0 Å². The van der Waals surface area contributed by atoms with Gasteiger partial charge in [0.15, 0.2) is 0 Å². The summed E-state index contributed by atoms with van der Waals surface area (Å²) in [5, 5.41) is 12.2. The molecule has 0 aliphatic carbocycles. The number of nitrogens with one attached hydrogen (secondary N) is 1. The van der Waals surface area contributed by atoms with Gasteiger partial charge in [-0.2, -0.15) is 5.26 Å². The van der Waals surface area contributed by atoms with Crippen molar-refractivity contribution in [3.05, 3.63) is 47.6 Å². The lowest BCUT2D eigenvalue weighted by Crippen LogP contribution is -2.18. The fourth-order valence-electron chi connectivity index (χ4n) is 1.92. The average Bonchev–Trinajstić information content (AvgIpc) is 2.53. The average molecular weight is 284 g/mol. The van der Waals surface area contributed by atoms with Crippen molar-refractivity contribution in [2.45, 2.75) is 33.6 Å². The van der Waals surface area contributed by atoms with Crippen LogP contribution in [0.4, 0.5) is 0 Å². The van der Waals surface area contributed by atoms with Crippen LogP contribution in [0.5, 0.6) is 5.75 Å². The molecule has 1 aromatic carbocycles. The zero-order valence-electron chi connectivity index (χ0n) is 13.1.